The first-order valence-corrected chi connectivity index (χ1v) is 13.5. The number of nitrogens with one attached hydrogen (secondary N) is 2. The Labute approximate surface area is 232 Å². The van der Waals surface area contributed by atoms with Gasteiger partial charge in [0.25, 0.3) is 0 Å². The van der Waals surface area contributed by atoms with Crippen molar-refractivity contribution in [2.45, 2.75) is 39.3 Å². The summed E-state index contributed by atoms with van der Waals surface area (Å²) in [4.78, 5) is 29.3. The number of hydrogen-bond donors (Lipinski definition) is 2. The van der Waals surface area contributed by atoms with E-state index in [4.69, 9.17) is 21.1 Å². The minimum atomic E-state index is -0.523. The predicted molar refractivity (Wildman–Crippen MR) is 151 cm³/mol. The van der Waals surface area contributed by atoms with E-state index in [2.05, 4.69) is 24.5 Å². The average Bonchev–Trinajstić information content (AvgIpc) is 3.32. The molecule has 1 atom stereocenters. The molecule has 6 rings (SSSR count). The molecular weight excluding hydrogens is 514 g/mol. The van der Waals surface area contributed by atoms with Crippen LogP contribution >= 0.6 is 11.6 Å². The summed E-state index contributed by atoms with van der Waals surface area (Å²) in [5, 5.41) is 7.16. The van der Waals surface area contributed by atoms with Gasteiger partial charge in [0, 0.05) is 29.3 Å². The van der Waals surface area contributed by atoms with E-state index < -0.39 is 6.04 Å². The third-order valence-corrected chi connectivity index (χ3v) is 7.79. The lowest BCUT2D eigenvalue weighted by Gasteiger charge is -2.38. The molecule has 1 aliphatic carbocycles. The molecule has 0 radical (unpaired) electrons. The maximum absolute atomic E-state index is 13.8. The van der Waals surface area contributed by atoms with E-state index in [0.717, 1.165) is 28.2 Å². The van der Waals surface area contributed by atoms with Gasteiger partial charge in [-0.05, 0) is 53.3 Å². The molecular formula is C31H30ClN3O4. The number of carbonyl (C=O) groups excluding carboxylic acids is 2. The molecule has 200 valence electrons. The van der Waals surface area contributed by atoms with Gasteiger partial charge in [-0.3, -0.25) is 9.59 Å². The van der Waals surface area contributed by atoms with Crippen LogP contribution in [0.1, 0.15) is 43.9 Å². The molecule has 1 unspecified atom stereocenters. The second-order valence-electron chi connectivity index (χ2n) is 11.0. The average molecular weight is 544 g/mol. The number of nitrogens with zero attached hydrogens (tertiary/aromatic N) is 1. The molecule has 0 bridgehead atoms. The van der Waals surface area contributed by atoms with Crippen molar-refractivity contribution in [1.82, 2.24) is 5.32 Å². The Hall–Kier alpha value is -3.97. The van der Waals surface area contributed by atoms with Gasteiger partial charge >= 0.3 is 0 Å². The molecule has 2 heterocycles. The van der Waals surface area contributed by atoms with E-state index in [-0.39, 0.29) is 30.4 Å². The van der Waals surface area contributed by atoms with Crippen molar-refractivity contribution in [1.29, 1.82) is 0 Å². The summed E-state index contributed by atoms with van der Waals surface area (Å²) in [5.41, 5.74) is 4.76. The van der Waals surface area contributed by atoms with Gasteiger partial charge in [-0.1, -0.05) is 61.8 Å². The van der Waals surface area contributed by atoms with Crippen LogP contribution < -0.4 is 25.0 Å². The Bertz CT molecular complexity index is 1500. The van der Waals surface area contributed by atoms with Crippen molar-refractivity contribution in [3.05, 3.63) is 94.1 Å². The summed E-state index contributed by atoms with van der Waals surface area (Å²) in [7, 11) is 0. The molecule has 0 fully saturated rings. The van der Waals surface area contributed by atoms with Crippen molar-refractivity contribution in [2.24, 2.45) is 5.41 Å². The van der Waals surface area contributed by atoms with Crippen molar-refractivity contribution in [3.8, 4) is 11.5 Å². The van der Waals surface area contributed by atoms with Crippen molar-refractivity contribution >= 4 is 34.7 Å². The van der Waals surface area contributed by atoms with Gasteiger partial charge in [0.15, 0.2) is 17.3 Å². The van der Waals surface area contributed by atoms with Crippen LogP contribution in [-0.2, 0) is 16.1 Å². The maximum atomic E-state index is 13.8. The van der Waals surface area contributed by atoms with Crippen molar-refractivity contribution in [2.75, 3.05) is 23.6 Å². The second kappa shape index (κ2) is 9.97. The van der Waals surface area contributed by atoms with Crippen LogP contribution in [0, 0.1) is 5.41 Å². The number of allylic oxidation sites excluding steroid dienone is 1. The first kappa shape index (κ1) is 25.3. The van der Waals surface area contributed by atoms with Gasteiger partial charge in [-0.15, -0.1) is 0 Å². The molecule has 2 N–H and O–H groups in total. The van der Waals surface area contributed by atoms with Crippen LogP contribution in [0.3, 0.4) is 0 Å². The lowest BCUT2D eigenvalue weighted by Crippen LogP contribution is -2.42. The number of hydrogen-bond acceptors (Lipinski definition) is 6. The standard InChI is InChI=1S/C31H30ClN3O4/c1-31(2)14-23-29(25(36)15-31)30(20-7-3-4-8-21(20)32)35(24-10-6-5-9-22(24)34-23)17-28(37)33-16-19-11-12-26-27(13-19)39-18-38-26/h3-13,30,34H,14-18H2,1-2H3,(H,33,37). The Morgan fingerprint density at radius 3 is 2.67 bits per heavy atom. The molecule has 0 spiro atoms. The quantitative estimate of drug-likeness (QED) is 0.411. The fourth-order valence-electron chi connectivity index (χ4n) is 5.71. The predicted octanol–water partition coefficient (Wildman–Crippen LogP) is 6.00. The number of halogens is 1. The van der Waals surface area contributed by atoms with Crippen LogP contribution in [0.25, 0.3) is 0 Å². The minimum absolute atomic E-state index is 0.0343. The number of carbonyl (C=O) groups is 2. The fourth-order valence-corrected chi connectivity index (χ4v) is 5.95. The van der Waals surface area contributed by atoms with Gasteiger partial charge in [0.2, 0.25) is 12.7 Å². The van der Waals surface area contributed by atoms with Crippen molar-refractivity contribution < 1.29 is 19.1 Å². The second-order valence-corrected chi connectivity index (χ2v) is 11.4. The molecule has 39 heavy (non-hydrogen) atoms. The SMILES string of the molecule is CC1(C)CC(=O)C2=C(C1)Nc1ccccc1N(CC(=O)NCc1ccc3c(c1)OCO3)C2c1ccccc1Cl. The highest BCUT2D eigenvalue weighted by Crippen LogP contribution is 2.49. The van der Waals surface area contributed by atoms with Crippen LogP contribution in [0.15, 0.2) is 78.0 Å². The van der Waals surface area contributed by atoms with Gasteiger partial charge in [-0.25, -0.2) is 0 Å². The van der Waals surface area contributed by atoms with Crippen molar-refractivity contribution in [3.63, 3.8) is 0 Å². The molecule has 3 aromatic carbocycles. The lowest BCUT2D eigenvalue weighted by atomic mass is 9.73. The Kier molecular flexibility index (Phi) is 6.47. The number of ketones is 1. The summed E-state index contributed by atoms with van der Waals surface area (Å²) < 4.78 is 10.9. The van der Waals surface area contributed by atoms with Gasteiger partial charge in [0.05, 0.1) is 24.0 Å². The number of amides is 1. The third kappa shape index (κ3) is 4.94. The Morgan fingerprint density at radius 1 is 1.05 bits per heavy atom. The molecule has 0 saturated heterocycles. The molecule has 3 aliphatic rings. The highest BCUT2D eigenvalue weighted by atomic mass is 35.5. The van der Waals surface area contributed by atoms with Crippen LogP contribution in [0.2, 0.25) is 5.02 Å². The Morgan fingerprint density at radius 2 is 1.82 bits per heavy atom. The van der Waals surface area contributed by atoms with Crippen LogP contribution in [0.5, 0.6) is 11.5 Å². The molecule has 7 nitrogen and oxygen atoms in total. The fraction of sp³-hybridized carbons (Fsp3) is 0.290. The Balaban J connectivity index is 1.38. The normalized spacial score (nSPS) is 19.1. The highest BCUT2D eigenvalue weighted by molar-refractivity contribution is 6.31. The molecule has 1 amide bonds. The topological polar surface area (TPSA) is 79.9 Å². The summed E-state index contributed by atoms with van der Waals surface area (Å²) in [6, 6.07) is 20.5. The first-order chi connectivity index (χ1) is 18.8. The van der Waals surface area contributed by atoms with Crippen LogP contribution in [-0.4, -0.2) is 25.0 Å². The van der Waals surface area contributed by atoms with Gasteiger partial charge in [-0.2, -0.15) is 0 Å². The summed E-state index contributed by atoms with van der Waals surface area (Å²) in [6.45, 7) is 4.79. The summed E-state index contributed by atoms with van der Waals surface area (Å²) >= 11 is 6.76. The number of fused-ring (bicyclic) bond motifs is 2. The van der Waals surface area contributed by atoms with Gasteiger partial charge < -0.3 is 25.0 Å². The zero-order valence-corrected chi connectivity index (χ0v) is 22.7. The summed E-state index contributed by atoms with van der Waals surface area (Å²) in [5.74, 6) is 1.27. The zero-order valence-electron chi connectivity index (χ0n) is 21.9. The highest BCUT2D eigenvalue weighted by Gasteiger charge is 2.42. The first-order valence-electron chi connectivity index (χ1n) is 13.1. The van der Waals surface area contributed by atoms with E-state index in [1.807, 2.05) is 71.6 Å². The number of para-hydroxylation sites is 2. The molecule has 0 saturated carbocycles. The minimum Gasteiger partial charge on any atom is -0.454 e. The number of anilines is 2. The zero-order chi connectivity index (χ0) is 27.1. The monoisotopic (exact) mass is 543 g/mol. The molecule has 3 aromatic rings. The number of rotatable bonds is 5. The van der Waals surface area contributed by atoms with E-state index in [1.54, 1.807) is 0 Å². The van der Waals surface area contributed by atoms with E-state index >= 15 is 0 Å². The number of Topliss-reactive ketones (excluding diaryl/α,β-unsaturated/α-hetero) is 1. The van der Waals surface area contributed by atoms with E-state index in [9.17, 15) is 9.59 Å². The maximum Gasteiger partial charge on any atom is 0.239 e. The lowest BCUT2D eigenvalue weighted by molar-refractivity contribution is -0.120. The van der Waals surface area contributed by atoms with E-state index in [0.29, 0.717) is 41.5 Å². The number of benzene rings is 3. The van der Waals surface area contributed by atoms with Crippen LogP contribution in [0.4, 0.5) is 11.4 Å². The molecule has 2 aliphatic heterocycles. The van der Waals surface area contributed by atoms with E-state index in [1.165, 1.54) is 0 Å². The summed E-state index contributed by atoms with van der Waals surface area (Å²) in [6.07, 6.45) is 1.14. The molecule has 8 heteroatoms. The molecule has 0 aromatic heterocycles. The van der Waals surface area contributed by atoms with Gasteiger partial charge in [0.1, 0.15) is 0 Å². The smallest absolute Gasteiger partial charge is 0.239 e. The third-order valence-electron chi connectivity index (χ3n) is 7.44. The largest absolute Gasteiger partial charge is 0.454 e. The number of ether oxygens (including phenoxy) is 2.